The monoisotopic (exact) mass is 909 g/mol. The van der Waals surface area contributed by atoms with Crippen LogP contribution in [0.4, 0.5) is 0 Å². The topological polar surface area (TPSA) is 243 Å². The number of benzene rings is 2. The van der Waals surface area contributed by atoms with Crippen LogP contribution in [0.3, 0.4) is 0 Å². The number of likely N-dealkylation sites (N-methyl/N-ethyl adjacent to an activating group) is 1. The van der Waals surface area contributed by atoms with Gasteiger partial charge in [0.25, 0.3) is 0 Å². The number of hydrogen-bond donors (Lipinski definition) is 4. The molecule has 65 heavy (non-hydrogen) atoms. The van der Waals surface area contributed by atoms with Gasteiger partial charge >= 0.3 is 5.97 Å². The molecule has 8 rings (SSSR count). The lowest BCUT2D eigenvalue weighted by atomic mass is 9.76. The van der Waals surface area contributed by atoms with Gasteiger partial charge < -0.3 is 67.6 Å². The van der Waals surface area contributed by atoms with E-state index in [0.717, 1.165) is 7.11 Å². The summed E-state index contributed by atoms with van der Waals surface area (Å²) in [6.45, 7) is 10.6. The minimum absolute atomic E-state index is 0.0528. The summed E-state index contributed by atoms with van der Waals surface area (Å²) in [5.41, 5.74) is -3.85. The Morgan fingerprint density at radius 3 is 2.14 bits per heavy atom. The van der Waals surface area contributed by atoms with E-state index in [1.54, 1.807) is 20.8 Å². The van der Waals surface area contributed by atoms with Gasteiger partial charge in [-0.05, 0) is 79.8 Å². The van der Waals surface area contributed by atoms with Gasteiger partial charge in [0.2, 0.25) is 5.78 Å². The Bertz CT molecular complexity index is 2450. The number of aliphatic hydroxyl groups excluding tert-OH is 3. The summed E-state index contributed by atoms with van der Waals surface area (Å²) in [6.07, 6.45) is -11.1. The molecule has 4 N–H and O–H groups in total. The fourth-order valence-corrected chi connectivity index (χ4v) is 10.3. The predicted octanol–water partition coefficient (Wildman–Crippen LogP) is 2.75. The molecular weight excluding hydrogens is 851 g/mol. The lowest BCUT2D eigenvalue weighted by Gasteiger charge is -2.52. The average Bonchev–Trinajstić information content (AvgIpc) is 3.89. The van der Waals surface area contributed by atoms with E-state index < -0.39 is 119 Å². The molecule has 16 atom stereocenters. The van der Waals surface area contributed by atoms with Crippen molar-refractivity contribution in [3.63, 3.8) is 0 Å². The third-order valence-corrected chi connectivity index (χ3v) is 14.7. The summed E-state index contributed by atoms with van der Waals surface area (Å²) in [4.78, 5) is 60.3. The number of carbonyl (C=O) groups excluding carboxylic acids is 3. The number of aromatic hydroxyl groups is 1. The number of hydrogen-bond acceptors (Lipinski definition) is 18. The molecule has 0 radical (unpaired) electrons. The molecule has 18 nitrogen and oxygen atoms in total. The molecule has 0 unspecified atom stereocenters. The second kappa shape index (κ2) is 17.2. The van der Waals surface area contributed by atoms with E-state index in [1.807, 2.05) is 32.8 Å². The summed E-state index contributed by atoms with van der Waals surface area (Å²) in [7, 11) is 7.69. The largest absolute Gasteiger partial charge is 0.507 e. The molecule has 4 saturated heterocycles. The van der Waals surface area contributed by atoms with E-state index in [-0.39, 0.29) is 69.1 Å². The van der Waals surface area contributed by atoms with Crippen LogP contribution in [0.25, 0.3) is 11.0 Å². The van der Waals surface area contributed by atoms with Gasteiger partial charge in [0.1, 0.15) is 65.2 Å². The van der Waals surface area contributed by atoms with E-state index in [9.17, 15) is 34.8 Å². The van der Waals surface area contributed by atoms with E-state index >= 15 is 4.79 Å². The van der Waals surface area contributed by atoms with Gasteiger partial charge in [-0.15, -0.1) is 0 Å². The lowest BCUT2D eigenvalue weighted by molar-refractivity contribution is -0.300. The normalized spacial score (nSPS) is 37.5. The summed E-state index contributed by atoms with van der Waals surface area (Å²) >= 11 is 0. The number of methoxy groups -OCH3 is 3. The van der Waals surface area contributed by atoms with Crippen molar-refractivity contribution in [2.24, 2.45) is 0 Å². The lowest BCUT2D eigenvalue weighted by Crippen LogP contribution is -2.62. The van der Waals surface area contributed by atoms with Crippen molar-refractivity contribution >= 4 is 28.5 Å². The molecule has 4 aliphatic heterocycles. The van der Waals surface area contributed by atoms with Gasteiger partial charge in [-0.2, -0.15) is 0 Å². The highest BCUT2D eigenvalue weighted by Crippen LogP contribution is 2.50. The molecule has 1 aliphatic carbocycles. The van der Waals surface area contributed by atoms with Crippen molar-refractivity contribution < 1.29 is 77.1 Å². The molecule has 2 aromatic carbocycles. The van der Waals surface area contributed by atoms with Crippen molar-refractivity contribution in [2.75, 3.05) is 35.4 Å². The van der Waals surface area contributed by atoms with Crippen LogP contribution >= 0.6 is 0 Å². The molecule has 1 aromatic heterocycles. The molecule has 5 aliphatic rings. The zero-order valence-electron chi connectivity index (χ0n) is 38.3. The van der Waals surface area contributed by atoms with Crippen molar-refractivity contribution in [3.8, 4) is 5.75 Å². The number of nitrogens with zero attached hydrogens (tertiary/aromatic N) is 1. The Morgan fingerprint density at radius 1 is 0.846 bits per heavy atom. The summed E-state index contributed by atoms with van der Waals surface area (Å²) in [5, 5.41) is 44.8. The van der Waals surface area contributed by atoms with Crippen molar-refractivity contribution in [1.82, 2.24) is 4.90 Å². The molecule has 0 spiro atoms. The maximum Gasteiger partial charge on any atom is 0.315 e. The maximum atomic E-state index is 15.1. The van der Waals surface area contributed by atoms with Crippen molar-refractivity contribution in [2.45, 2.75) is 151 Å². The summed E-state index contributed by atoms with van der Waals surface area (Å²) in [5.74, 6) is -4.58. The number of phenols is 1. The molecule has 354 valence electrons. The van der Waals surface area contributed by atoms with Crippen molar-refractivity contribution in [1.29, 1.82) is 0 Å². The van der Waals surface area contributed by atoms with Gasteiger partial charge in [0, 0.05) is 48.9 Å². The van der Waals surface area contributed by atoms with Crippen LogP contribution in [0.5, 0.6) is 5.75 Å². The van der Waals surface area contributed by atoms with Gasteiger partial charge in [-0.1, -0.05) is 6.07 Å². The van der Waals surface area contributed by atoms with Crippen molar-refractivity contribution in [3.05, 3.63) is 73.6 Å². The minimum Gasteiger partial charge on any atom is -0.507 e. The second-order valence-corrected chi connectivity index (χ2v) is 18.6. The first-order valence-corrected chi connectivity index (χ1v) is 21.9. The molecule has 0 amide bonds. The Hall–Kier alpha value is -4.18. The van der Waals surface area contributed by atoms with Gasteiger partial charge in [0.05, 0.1) is 60.2 Å². The standard InChI is InChI=1S/C47H59NO17/c1-18-35(50)27(57-9)16-30(61-18)64-44-20(3)60-28(17-46(44,5)48(7)8)22-12-13-23-32(38(22)53)39(54)33-25(37(23)52)14-24(31-26(49)15-29(63-41(31)33)47(6)21(4)65-47)34(45(56)59-11)42-40(55)43(58-10)36(51)19(2)62-42/h12-15,18-21,27-28,30,34-36,40,42-44,50-51,53,55H,16-17H2,1-11H3/t18-,19-,20+,21-,27+,28-,30-,34+,35-,36-,40-,42-,43-,44-,46+,47+/m1/s1. The number of fused-ring (bicyclic) bond motifs is 4. The first-order chi connectivity index (χ1) is 30.6. The molecule has 0 saturated carbocycles. The zero-order chi connectivity index (χ0) is 47.3. The Labute approximate surface area is 375 Å². The van der Waals surface area contributed by atoms with Crippen LogP contribution in [-0.4, -0.2) is 157 Å². The average molecular weight is 910 g/mol. The van der Waals surface area contributed by atoms with Crippen LogP contribution in [0.15, 0.2) is 33.5 Å². The number of rotatable bonds is 10. The SMILES string of the molecule is COC(=O)[C@@H](c1cc2c(c3oc([C@@]4(C)O[C@@H]4C)cc(=O)c13)C(=O)c1c(ccc([C@H]3C[C@](C)(N(C)C)[C@H](O[C@@H]4C[C@H](OC)[C@H](O)[C@@H](C)O4)[C@H](C)O3)c1O)C2=O)[C@H]1O[C@H](C)[C@@H](O)[C@@H](OC)[C@@H]1O. The first-order valence-electron chi connectivity index (χ1n) is 21.9. The van der Waals surface area contributed by atoms with Gasteiger partial charge in [-0.25, -0.2) is 0 Å². The number of esters is 1. The number of phenolic OH excluding ortho intramolecular Hbond substituents is 1. The second-order valence-electron chi connectivity index (χ2n) is 18.6. The Balaban J connectivity index is 1.23. The summed E-state index contributed by atoms with van der Waals surface area (Å²) in [6, 6.07) is 5.39. The molecule has 5 heterocycles. The maximum absolute atomic E-state index is 15.1. The smallest absolute Gasteiger partial charge is 0.315 e. The fourth-order valence-electron chi connectivity index (χ4n) is 10.3. The van der Waals surface area contributed by atoms with Gasteiger partial charge in [0.15, 0.2) is 17.5 Å². The minimum atomic E-state index is -1.64. The number of ether oxygens (including phenoxy) is 8. The molecule has 4 fully saturated rings. The zero-order valence-corrected chi connectivity index (χ0v) is 38.3. The fraction of sp³-hybridized carbons (Fsp3) is 0.617. The van der Waals surface area contributed by atoms with Crippen LogP contribution in [0, 0.1) is 0 Å². The van der Waals surface area contributed by atoms with E-state index in [0.29, 0.717) is 0 Å². The number of aliphatic hydroxyl groups is 3. The van der Waals surface area contributed by atoms with E-state index in [4.69, 9.17) is 42.3 Å². The molecular formula is C47H59NO17. The number of epoxide rings is 1. The van der Waals surface area contributed by atoms with Crippen LogP contribution in [0.2, 0.25) is 0 Å². The third kappa shape index (κ3) is 7.54. The predicted molar refractivity (Wildman–Crippen MR) is 228 cm³/mol. The number of ketones is 2. The first kappa shape index (κ1) is 47.3. The Kier molecular flexibility index (Phi) is 12.5. The highest BCUT2D eigenvalue weighted by Gasteiger charge is 2.55. The number of carbonyl (C=O) groups is 3. The van der Waals surface area contributed by atoms with Crippen LogP contribution in [0.1, 0.15) is 115 Å². The molecule has 3 aromatic rings. The quantitative estimate of drug-likeness (QED) is 0.132. The van der Waals surface area contributed by atoms with Gasteiger partial charge in [-0.3, -0.25) is 19.2 Å². The summed E-state index contributed by atoms with van der Waals surface area (Å²) < 4.78 is 53.7. The van der Waals surface area contributed by atoms with Crippen LogP contribution < -0.4 is 5.43 Å². The highest BCUT2D eigenvalue weighted by atomic mass is 16.7. The molecule has 0 bridgehead atoms. The van der Waals surface area contributed by atoms with Crippen LogP contribution in [-0.2, 0) is 48.3 Å². The molecule has 18 heteroatoms. The third-order valence-electron chi connectivity index (χ3n) is 14.7. The van der Waals surface area contributed by atoms with E-state index in [2.05, 4.69) is 0 Å². The Morgan fingerprint density at radius 2 is 1.52 bits per heavy atom. The highest BCUT2D eigenvalue weighted by molar-refractivity contribution is 6.32. The van der Waals surface area contributed by atoms with E-state index in [1.165, 1.54) is 45.4 Å².